The van der Waals surface area contributed by atoms with Crippen molar-refractivity contribution in [1.82, 2.24) is 0 Å². The lowest BCUT2D eigenvalue weighted by atomic mass is 10.0. The van der Waals surface area contributed by atoms with Gasteiger partial charge >= 0.3 is 0 Å². The van der Waals surface area contributed by atoms with E-state index in [0.29, 0.717) is 5.75 Å². The molecule has 4 heteroatoms. The molecule has 0 heterocycles. The summed E-state index contributed by atoms with van der Waals surface area (Å²) < 4.78 is 5.21. The molecule has 2 rings (SSSR count). The number of nitriles is 1. The Labute approximate surface area is 124 Å². The molecule has 1 atom stereocenters. The third-order valence-electron chi connectivity index (χ3n) is 3.19. The van der Waals surface area contributed by atoms with E-state index in [-0.39, 0.29) is 18.4 Å². The zero-order valence-electron chi connectivity index (χ0n) is 12.1. The van der Waals surface area contributed by atoms with Gasteiger partial charge in [0.25, 0.3) is 0 Å². The summed E-state index contributed by atoms with van der Waals surface area (Å²) in [7, 11) is 0. The van der Waals surface area contributed by atoms with Crippen LogP contribution in [-0.4, -0.2) is 11.7 Å². The first-order valence-corrected chi connectivity index (χ1v) is 6.76. The molecule has 2 aromatic rings. The number of phenolic OH excluding ortho intramolecular Hbond substituents is 1. The predicted molar refractivity (Wildman–Crippen MR) is 82.4 cm³/mol. The van der Waals surface area contributed by atoms with Crippen LogP contribution in [0.1, 0.15) is 24.1 Å². The normalized spacial score (nSPS) is 11.5. The minimum atomic E-state index is -0.0178. The molecule has 21 heavy (non-hydrogen) atoms. The Morgan fingerprint density at radius 1 is 1.24 bits per heavy atom. The second-order valence-electron chi connectivity index (χ2n) is 4.90. The van der Waals surface area contributed by atoms with Crippen molar-refractivity contribution in [3.8, 4) is 17.6 Å². The van der Waals surface area contributed by atoms with Crippen molar-refractivity contribution < 1.29 is 9.84 Å². The maximum absolute atomic E-state index is 9.93. The van der Waals surface area contributed by atoms with Crippen LogP contribution in [-0.2, 0) is 0 Å². The molecule has 0 fully saturated rings. The average molecular weight is 282 g/mol. The second kappa shape index (κ2) is 6.67. The highest BCUT2D eigenvalue weighted by molar-refractivity contribution is 5.50. The zero-order chi connectivity index (χ0) is 15.2. The van der Waals surface area contributed by atoms with Crippen molar-refractivity contribution in [3.05, 3.63) is 53.6 Å². The largest absolute Gasteiger partial charge is 0.508 e. The fraction of sp³-hybridized carbons (Fsp3) is 0.235. The Kier molecular flexibility index (Phi) is 4.68. The molecular weight excluding hydrogens is 264 g/mol. The Morgan fingerprint density at radius 3 is 2.62 bits per heavy atom. The topological polar surface area (TPSA) is 65.3 Å². The number of aryl methyl sites for hydroxylation is 1. The number of nitrogens with zero attached hydrogens (tertiary/aromatic N) is 1. The molecular formula is C17H18N2O2. The van der Waals surface area contributed by atoms with Gasteiger partial charge in [-0.3, -0.25) is 0 Å². The number of ether oxygens (including phenoxy) is 1. The maximum atomic E-state index is 9.93. The van der Waals surface area contributed by atoms with Crippen LogP contribution < -0.4 is 10.1 Å². The fourth-order valence-corrected chi connectivity index (χ4v) is 2.11. The van der Waals surface area contributed by atoms with Crippen LogP contribution in [0.25, 0.3) is 0 Å². The van der Waals surface area contributed by atoms with Gasteiger partial charge in [-0.2, -0.15) is 5.26 Å². The monoisotopic (exact) mass is 282 g/mol. The molecule has 2 aromatic carbocycles. The molecule has 4 nitrogen and oxygen atoms in total. The third-order valence-corrected chi connectivity index (χ3v) is 3.19. The molecule has 0 spiro atoms. The molecule has 0 saturated heterocycles. The van der Waals surface area contributed by atoms with Crippen LogP contribution in [0, 0.1) is 18.3 Å². The SMILES string of the molecule is Cc1ccc(O)c(C(C)Nc2ccc(OCC#N)cc2)c1. The standard InChI is InChI=1S/C17H18N2O2/c1-12-3-8-17(20)16(11-12)13(2)19-14-4-6-15(7-5-14)21-10-9-18/h3-8,11,13,19-20H,10H2,1-2H3. The molecule has 1 unspecified atom stereocenters. The number of aromatic hydroxyl groups is 1. The fourth-order valence-electron chi connectivity index (χ4n) is 2.11. The summed E-state index contributed by atoms with van der Waals surface area (Å²) in [5, 5.41) is 21.7. The van der Waals surface area contributed by atoms with Gasteiger partial charge in [0.05, 0.1) is 6.04 Å². The lowest BCUT2D eigenvalue weighted by molar-refractivity contribution is 0.368. The number of benzene rings is 2. The molecule has 2 N–H and O–H groups in total. The Balaban J connectivity index is 2.07. The number of nitrogens with one attached hydrogen (secondary N) is 1. The molecule has 0 amide bonds. The van der Waals surface area contributed by atoms with Crippen molar-refractivity contribution in [3.63, 3.8) is 0 Å². The number of phenols is 1. The van der Waals surface area contributed by atoms with E-state index in [1.54, 1.807) is 6.07 Å². The van der Waals surface area contributed by atoms with Gasteiger partial charge in [-0.25, -0.2) is 0 Å². The Bertz CT molecular complexity index is 645. The highest BCUT2D eigenvalue weighted by atomic mass is 16.5. The lowest BCUT2D eigenvalue weighted by Crippen LogP contribution is -2.07. The van der Waals surface area contributed by atoms with Gasteiger partial charge in [0.1, 0.15) is 17.6 Å². The lowest BCUT2D eigenvalue weighted by Gasteiger charge is -2.17. The number of hydrogen-bond acceptors (Lipinski definition) is 4. The first-order chi connectivity index (χ1) is 10.1. The number of hydrogen-bond donors (Lipinski definition) is 2. The van der Waals surface area contributed by atoms with Crippen molar-refractivity contribution in [2.75, 3.05) is 11.9 Å². The minimum Gasteiger partial charge on any atom is -0.508 e. The molecule has 0 aliphatic rings. The van der Waals surface area contributed by atoms with E-state index in [1.165, 1.54) is 0 Å². The highest BCUT2D eigenvalue weighted by Gasteiger charge is 2.10. The first-order valence-electron chi connectivity index (χ1n) is 6.76. The van der Waals surface area contributed by atoms with Gasteiger partial charge in [0.15, 0.2) is 6.61 Å². The van der Waals surface area contributed by atoms with Gasteiger partial charge < -0.3 is 15.2 Å². The van der Waals surface area contributed by atoms with Crippen LogP contribution in [0.5, 0.6) is 11.5 Å². The summed E-state index contributed by atoms with van der Waals surface area (Å²) in [6.45, 7) is 4.03. The van der Waals surface area contributed by atoms with Gasteiger partial charge in [-0.15, -0.1) is 0 Å². The average Bonchev–Trinajstić information content (AvgIpc) is 2.49. The first kappa shape index (κ1) is 14.7. The third kappa shape index (κ3) is 3.90. The molecule has 0 aliphatic carbocycles. The summed E-state index contributed by atoms with van der Waals surface area (Å²) in [6, 6.07) is 14.9. The van der Waals surface area contributed by atoms with E-state index in [4.69, 9.17) is 10.00 Å². The molecule has 0 bridgehead atoms. The Hall–Kier alpha value is -2.67. The van der Waals surface area contributed by atoms with E-state index < -0.39 is 0 Å². The summed E-state index contributed by atoms with van der Waals surface area (Å²) >= 11 is 0. The summed E-state index contributed by atoms with van der Waals surface area (Å²) in [4.78, 5) is 0. The van der Waals surface area contributed by atoms with E-state index in [1.807, 2.05) is 56.3 Å². The van der Waals surface area contributed by atoms with Gasteiger partial charge in [0, 0.05) is 11.3 Å². The summed E-state index contributed by atoms with van der Waals surface area (Å²) in [6.07, 6.45) is 0. The van der Waals surface area contributed by atoms with Crippen molar-refractivity contribution in [2.24, 2.45) is 0 Å². The summed E-state index contributed by atoms with van der Waals surface area (Å²) in [5.41, 5.74) is 2.89. The van der Waals surface area contributed by atoms with Crippen LogP contribution in [0.3, 0.4) is 0 Å². The van der Waals surface area contributed by atoms with E-state index >= 15 is 0 Å². The second-order valence-corrected chi connectivity index (χ2v) is 4.90. The minimum absolute atomic E-state index is 0.0178. The quantitative estimate of drug-likeness (QED) is 0.876. The van der Waals surface area contributed by atoms with Gasteiger partial charge in [-0.05, 0) is 44.2 Å². The van der Waals surface area contributed by atoms with Crippen LogP contribution in [0.15, 0.2) is 42.5 Å². The Morgan fingerprint density at radius 2 is 1.95 bits per heavy atom. The maximum Gasteiger partial charge on any atom is 0.174 e. The zero-order valence-corrected chi connectivity index (χ0v) is 12.1. The van der Waals surface area contributed by atoms with E-state index in [0.717, 1.165) is 16.8 Å². The molecule has 0 aromatic heterocycles. The van der Waals surface area contributed by atoms with Gasteiger partial charge in [-0.1, -0.05) is 17.7 Å². The van der Waals surface area contributed by atoms with Crippen LogP contribution in [0.2, 0.25) is 0 Å². The van der Waals surface area contributed by atoms with Gasteiger partial charge in [0.2, 0.25) is 0 Å². The number of rotatable bonds is 5. The highest BCUT2D eigenvalue weighted by Crippen LogP contribution is 2.28. The van der Waals surface area contributed by atoms with Crippen molar-refractivity contribution in [1.29, 1.82) is 5.26 Å². The molecule has 0 saturated carbocycles. The summed E-state index contributed by atoms with van der Waals surface area (Å²) in [5.74, 6) is 0.947. The van der Waals surface area contributed by atoms with E-state index in [9.17, 15) is 5.11 Å². The predicted octanol–water partition coefficient (Wildman–Crippen LogP) is 3.78. The van der Waals surface area contributed by atoms with Crippen LogP contribution in [0.4, 0.5) is 5.69 Å². The van der Waals surface area contributed by atoms with Crippen molar-refractivity contribution in [2.45, 2.75) is 19.9 Å². The molecule has 108 valence electrons. The smallest absolute Gasteiger partial charge is 0.174 e. The molecule has 0 aliphatic heterocycles. The van der Waals surface area contributed by atoms with E-state index in [2.05, 4.69) is 5.32 Å². The van der Waals surface area contributed by atoms with Crippen LogP contribution >= 0.6 is 0 Å². The van der Waals surface area contributed by atoms with Crippen molar-refractivity contribution >= 4 is 5.69 Å². The molecule has 0 radical (unpaired) electrons. The number of anilines is 1.